The second-order valence-electron chi connectivity index (χ2n) is 12.5. The van der Waals surface area contributed by atoms with Gasteiger partial charge in [0.05, 0.1) is 16.4 Å². The highest BCUT2D eigenvalue weighted by atomic mass is 35.5. The largest absolute Gasteiger partial charge is 0.372 e. The number of aromatic nitrogens is 3. The van der Waals surface area contributed by atoms with Gasteiger partial charge in [0, 0.05) is 41.8 Å². The first-order valence-corrected chi connectivity index (χ1v) is 16.3. The molecule has 0 radical (unpaired) electrons. The number of aryl methyl sites for hydroxylation is 1. The molecule has 1 saturated carbocycles. The first-order valence-electron chi connectivity index (χ1n) is 15.9. The van der Waals surface area contributed by atoms with Crippen molar-refractivity contribution in [1.82, 2.24) is 25.2 Å². The van der Waals surface area contributed by atoms with Crippen LogP contribution in [0.25, 0.3) is 28.0 Å². The smallest absolute Gasteiger partial charge is 0.354 e. The van der Waals surface area contributed by atoms with Crippen molar-refractivity contribution in [2.45, 2.75) is 75.9 Å². The Bertz CT molecular complexity index is 1720. The summed E-state index contributed by atoms with van der Waals surface area (Å²) in [5.74, 6) is 0.0516. The molecule has 3 heterocycles. The number of hydrogen-bond donors (Lipinski definition) is 5. The fraction of sp³-hybridized carbons (Fsp3) is 0.441. The lowest BCUT2D eigenvalue weighted by molar-refractivity contribution is 0.312. The van der Waals surface area contributed by atoms with Gasteiger partial charge in [0.2, 0.25) is 0 Å². The molecule has 1 saturated heterocycles. The summed E-state index contributed by atoms with van der Waals surface area (Å²) >= 11 is 6.31. The van der Waals surface area contributed by atoms with E-state index in [4.69, 9.17) is 22.7 Å². The predicted molar refractivity (Wildman–Crippen MR) is 176 cm³/mol. The number of alkyl halides is 1. The van der Waals surface area contributed by atoms with E-state index in [1.807, 2.05) is 30.3 Å². The lowest BCUT2D eigenvalue weighted by Crippen LogP contribution is -2.39. The predicted octanol–water partition coefficient (Wildman–Crippen LogP) is 6.34. The molecule has 0 spiro atoms. The summed E-state index contributed by atoms with van der Waals surface area (Å²) < 4.78 is 29.2. The van der Waals surface area contributed by atoms with Crippen LogP contribution < -0.4 is 22.1 Å². The highest BCUT2D eigenvalue weighted by Gasteiger charge is 2.28. The van der Waals surface area contributed by atoms with Gasteiger partial charge in [0.1, 0.15) is 18.2 Å². The molecule has 4 aromatic rings. The Morgan fingerprint density at radius 3 is 2.73 bits per heavy atom. The minimum absolute atomic E-state index is 0.0630. The lowest BCUT2D eigenvalue weighted by Gasteiger charge is -2.31. The second kappa shape index (κ2) is 13.8. The van der Waals surface area contributed by atoms with Crippen molar-refractivity contribution in [2.75, 3.05) is 13.2 Å². The molecule has 3 atom stereocenters. The molecule has 238 valence electrons. The fourth-order valence-corrected chi connectivity index (χ4v) is 6.68. The molecule has 0 bridgehead atoms. The quantitative estimate of drug-likeness (QED) is 0.0918. The van der Waals surface area contributed by atoms with Gasteiger partial charge in [-0.15, -0.1) is 0 Å². The van der Waals surface area contributed by atoms with Gasteiger partial charge in [0.15, 0.2) is 5.82 Å². The van der Waals surface area contributed by atoms with Gasteiger partial charge in [-0.1, -0.05) is 30.2 Å². The van der Waals surface area contributed by atoms with Crippen molar-refractivity contribution in [3.8, 4) is 16.9 Å². The molecular weight excluding hydrogens is 596 g/mol. The molecule has 2 aliphatic rings. The van der Waals surface area contributed by atoms with Crippen molar-refractivity contribution in [3.05, 3.63) is 81.1 Å². The molecule has 8 nitrogen and oxygen atoms in total. The normalized spacial score (nSPS) is 19.1. The number of amidine groups is 1. The number of nitrogens with zero attached hydrogens (tertiary/aromatic N) is 2. The zero-order valence-corrected chi connectivity index (χ0v) is 26.0. The molecule has 2 aromatic carbocycles. The SMILES string of the molecule is N=C(CF)NCC[C@@H]1CCC[C@@H](c2ccc(-n3cc4cc(-c5cc(CCC[C@@H](N)C6CC6)cc(Cl)c5F)[nH]c4nc3=O)cc2)N1. The maximum Gasteiger partial charge on any atom is 0.354 e. The number of piperidine rings is 1. The lowest BCUT2D eigenvalue weighted by atomic mass is 9.92. The Morgan fingerprint density at radius 2 is 1.98 bits per heavy atom. The van der Waals surface area contributed by atoms with Crippen LogP contribution in [0.2, 0.25) is 5.02 Å². The van der Waals surface area contributed by atoms with Crippen molar-refractivity contribution in [2.24, 2.45) is 11.7 Å². The van der Waals surface area contributed by atoms with Crippen LogP contribution in [0.1, 0.15) is 68.5 Å². The van der Waals surface area contributed by atoms with Crippen molar-refractivity contribution in [1.29, 1.82) is 5.41 Å². The zero-order valence-electron chi connectivity index (χ0n) is 25.2. The van der Waals surface area contributed by atoms with Crippen LogP contribution in [0.3, 0.4) is 0 Å². The average Bonchev–Trinajstić information content (AvgIpc) is 3.82. The molecule has 1 aliphatic carbocycles. The summed E-state index contributed by atoms with van der Waals surface area (Å²) in [7, 11) is 0. The van der Waals surface area contributed by atoms with Crippen LogP contribution in [0, 0.1) is 17.1 Å². The molecule has 0 unspecified atom stereocenters. The van der Waals surface area contributed by atoms with Gasteiger partial charge in [-0.2, -0.15) is 4.98 Å². The third kappa shape index (κ3) is 7.45. The number of aromatic amines is 1. The second-order valence-corrected chi connectivity index (χ2v) is 12.9. The summed E-state index contributed by atoms with van der Waals surface area (Å²) in [6, 6.07) is 13.8. The van der Waals surface area contributed by atoms with E-state index in [2.05, 4.69) is 20.6 Å². The number of nitrogens with one attached hydrogen (secondary N) is 4. The highest BCUT2D eigenvalue weighted by Crippen LogP contribution is 2.34. The number of fused-ring (bicyclic) bond motifs is 1. The molecule has 11 heteroatoms. The van der Waals surface area contributed by atoms with Crippen LogP contribution in [0.5, 0.6) is 0 Å². The van der Waals surface area contributed by atoms with E-state index >= 15 is 4.39 Å². The minimum atomic E-state index is -0.776. The monoisotopic (exact) mass is 635 g/mol. The Kier molecular flexibility index (Phi) is 9.63. The summed E-state index contributed by atoms with van der Waals surface area (Å²) in [5, 5.41) is 14.7. The van der Waals surface area contributed by atoms with Gasteiger partial charge in [-0.3, -0.25) is 9.98 Å². The molecule has 1 aliphatic heterocycles. The molecule has 45 heavy (non-hydrogen) atoms. The zero-order chi connectivity index (χ0) is 31.5. The Morgan fingerprint density at radius 1 is 1.18 bits per heavy atom. The standard InChI is InChI=1S/C34H40ClF2N7O/c35-27-16-20(3-1-5-28(38)21-7-8-21)15-26(32(27)37)30-17-23-19-44(34(45)43-33(23)42-30)25-11-9-22(10-12-25)29-6-2-4-24(41-29)13-14-40-31(39)18-36/h9-12,15-17,19,21,24,28-29,41H,1-8,13-14,18,38H2,(H2,39,40)(H,42,43,45)/t24-,28+,29-/m0/s1. The van der Waals surface area contributed by atoms with Crippen LogP contribution in [0.15, 0.2) is 53.5 Å². The van der Waals surface area contributed by atoms with E-state index < -0.39 is 18.2 Å². The van der Waals surface area contributed by atoms with Gasteiger partial charge < -0.3 is 21.4 Å². The van der Waals surface area contributed by atoms with E-state index in [-0.39, 0.29) is 29.0 Å². The summed E-state index contributed by atoms with van der Waals surface area (Å²) in [6.07, 6.45) is 10.7. The molecule has 0 amide bonds. The number of halogens is 3. The van der Waals surface area contributed by atoms with E-state index in [0.29, 0.717) is 40.4 Å². The topological polar surface area (TPSA) is 125 Å². The van der Waals surface area contributed by atoms with Gasteiger partial charge in [0.25, 0.3) is 0 Å². The van der Waals surface area contributed by atoms with Crippen LogP contribution in [0.4, 0.5) is 8.78 Å². The highest BCUT2D eigenvalue weighted by molar-refractivity contribution is 6.31. The number of hydrogen-bond acceptors (Lipinski definition) is 5. The van der Waals surface area contributed by atoms with Crippen molar-refractivity contribution >= 4 is 28.5 Å². The Balaban J connectivity index is 1.16. The molecular formula is C34H40ClF2N7O. The molecule has 6 N–H and O–H groups in total. The van der Waals surface area contributed by atoms with Gasteiger partial charge in [-0.05, 0) is 98.7 Å². The molecule has 6 rings (SSSR count). The van der Waals surface area contributed by atoms with Crippen LogP contribution in [-0.2, 0) is 6.42 Å². The Hall–Kier alpha value is -3.60. The Labute approximate surface area is 266 Å². The number of H-pyrrole nitrogens is 1. The number of nitrogens with two attached hydrogens (primary N) is 1. The van der Waals surface area contributed by atoms with E-state index in [9.17, 15) is 9.18 Å². The van der Waals surface area contributed by atoms with Crippen LogP contribution >= 0.6 is 11.6 Å². The fourth-order valence-electron chi connectivity index (χ4n) is 6.43. The van der Waals surface area contributed by atoms with Crippen molar-refractivity contribution in [3.63, 3.8) is 0 Å². The first kappa shape index (κ1) is 31.4. The average molecular weight is 636 g/mol. The maximum atomic E-state index is 15.2. The first-order chi connectivity index (χ1) is 21.8. The van der Waals surface area contributed by atoms with E-state index in [0.717, 1.165) is 56.1 Å². The molecule has 2 aromatic heterocycles. The summed E-state index contributed by atoms with van der Waals surface area (Å²) in [5.41, 5.74) is 9.81. The minimum Gasteiger partial charge on any atom is -0.372 e. The van der Waals surface area contributed by atoms with E-state index in [1.165, 1.54) is 17.4 Å². The summed E-state index contributed by atoms with van der Waals surface area (Å²) in [4.78, 5) is 20.4. The van der Waals surface area contributed by atoms with Crippen molar-refractivity contribution < 1.29 is 8.78 Å². The number of rotatable bonds is 12. The van der Waals surface area contributed by atoms with Gasteiger partial charge >= 0.3 is 5.69 Å². The maximum absolute atomic E-state index is 15.2. The number of benzene rings is 2. The summed E-state index contributed by atoms with van der Waals surface area (Å²) in [6.45, 7) is -0.215. The van der Waals surface area contributed by atoms with Gasteiger partial charge in [-0.25, -0.2) is 13.6 Å². The molecule has 2 fully saturated rings. The third-order valence-electron chi connectivity index (χ3n) is 9.14. The van der Waals surface area contributed by atoms with E-state index in [1.54, 1.807) is 18.3 Å². The van der Waals surface area contributed by atoms with Crippen LogP contribution in [-0.4, -0.2) is 45.7 Å². The third-order valence-corrected chi connectivity index (χ3v) is 9.41.